The van der Waals surface area contributed by atoms with Crippen LogP contribution in [0.1, 0.15) is 43.0 Å². The maximum atomic E-state index is 13.1. The van der Waals surface area contributed by atoms with Crippen molar-refractivity contribution in [3.8, 4) is 5.75 Å². The van der Waals surface area contributed by atoms with Gasteiger partial charge in [-0.25, -0.2) is 0 Å². The van der Waals surface area contributed by atoms with Crippen molar-refractivity contribution in [3.63, 3.8) is 0 Å². The molecule has 35 heavy (non-hydrogen) atoms. The number of anilines is 1. The van der Waals surface area contributed by atoms with Gasteiger partial charge in [0, 0.05) is 18.0 Å². The maximum absolute atomic E-state index is 13.1. The molecule has 1 aromatic heterocycles. The van der Waals surface area contributed by atoms with E-state index in [0.29, 0.717) is 18.5 Å². The highest BCUT2D eigenvalue weighted by atomic mass is 16.5. The summed E-state index contributed by atoms with van der Waals surface area (Å²) in [7, 11) is 1.61. The zero-order valence-corrected chi connectivity index (χ0v) is 21.1. The standard InChI is InChI=1S/C28H33N3O4/c1-18-14-15-31(17-21-8-12-23(35-5)13-9-21)27(34)25(18)30-26(33)24(29)16-20-6-10-22(11-7-20)28(3,4)19(2)32/h6-15,24H,16-17,29H2,1-5H3,(H,30,33)/p+1/t24-/m0/s1. The first kappa shape index (κ1) is 25.9. The quantitative estimate of drug-likeness (QED) is 0.495. The Morgan fingerprint density at radius 2 is 1.63 bits per heavy atom. The summed E-state index contributed by atoms with van der Waals surface area (Å²) in [4.78, 5) is 37.9. The molecule has 0 saturated carbocycles. The monoisotopic (exact) mass is 476 g/mol. The van der Waals surface area contributed by atoms with Gasteiger partial charge in [0.05, 0.1) is 13.7 Å². The number of carbonyl (C=O) groups excluding carboxylic acids is 2. The molecular weight excluding hydrogens is 442 g/mol. The van der Waals surface area contributed by atoms with E-state index in [2.05, 4.69) is 11.1 Å². The third kappa shape index (κ3) is 6.05. The molecule has 1 atom stereocenters. The van der Waals surface area contributed by atoms with Gasteiger partial charge < -0.3 is 20.4 Å². The lowest BCUT2D eigenvalue weighted by Gasteiger charge is -2.22. The van der Waals surface area contributed by atoms with Crippen LogP contribution in [0.3, 0.4) is 0 Å². The number of carbonyl (C=O) groups is 2. The highest BCUT2D eigenvalue weighted by Crippen LogP contribution is 2.24. The van der Waals surface area contributed by atoms with E-state index < -0.39 is 11.5 Å². The van der Waals surface area contributed by atoms with E-state index in [1.54, 1.807) is 31.7 Å². The number of quaternary nitrogens is 1. The molecule has 4 N–H and O–H groups in total. The molecule has 184 valence electrons. The fourth-order valence-corrected chi connectivity index (χ4v) is 3.73. The minimum atomic E-state index is -0.587. The predicted molar refractivity (Wildman–Crippen MR) is 137 cm³/mol. The first-order valence-electron chi connectivity index (χ1n) is 11.6. The van der Waals surface area contributed by atoms with Crippen molar-refractivity contribution in [3.05, 3.63) is 93.4 Å². The summed E-state index contributed by atoms with van der Waals surface area (Å²) >= 11 is 0. The normalized spacial score (nSPS) is 12.2. The van der Waals surface area contributed by atoms with Crippen molar-refractivity contribution in [1.29, 1.82) is 0 Å². The van der Waals surface area contributed by atoms with Crippen LogP contribution in [0.2, 0.25) is 0 Å². The number of nitrogens with one attached hydrogen (secondary N) is 1. The molecular formula is C28H34N3O4+. The third-order valence-corrected chi connectivity index (χ3v) is 6.54. The summed E-state index contributed by atoms with van der Waals surface area (Å²) in [5.74, 6) is 0.521. The predicted octanol–water partition coefficient (Wildman–Crippen LogP) is 2.87. The lowest BCUT2D eigenvalue weighted by atomic mass is 9.81. The number of ether oxygens (including phenoxy) is 1. The number of pyridine rings is 1. The van der Waals surface area contributed by atoms with Gasteiger partial charge in [-0.2, -0.15) is 0 Å². The first-order chi connectivity index (χ1) is 16.5. The molecule has 0 unspecified atom stereocenters. The minimum Gasteiger partial charge on any atom is -0.497 e. The molecule has 3 rings (SSSR count). The van der Waals surface area contributed by atoms with Crippen molar-refractivity contribution in [1.82, 2.24) is 4.57 Å². The Labute approximate surface area is 205 Å². The number of aryl methyl sites for hydroxylation is 1. The Bertz CT molecular complexity index is 1260. The molecule has 1 heterocycles. The summed E-state index contributed by atoms with van der Waals surface area (Å²) in [5, 5.41) is 2.79. The van der Waals surface area contributed by atoms with E-state index in [1.807, 2.05) is 68.4 Å². The van der Waals surface area contributed by atoms with Crippen LogP contribution in [-0.2, 0) is 28.0 Å². The molecule has 0 bridgehead atoms. The Morgan fingerprint density at radius 1 is 1.03 bits per heavy atom. The summed E-state index contributed by atoms with van der Waals surface area (Å²) in [5.41, 5.74) is 6.94. The second-order valence-corrected chi connectivity index (χ2v) is 9.42. The Morgan fingerprint density at radius 3 is 2.20 bits per heavy atom. The number of benzene rings is 2. The molecule has 7 nitrogen and oxygen atoms in total. The zero-order valence-electron chi connectivity index (χ0n) is 21.1. The highest BCUT2D eigenvalue weighted by molar-refractivity contribution is 5.94. The second kappa shape index (κ2) is 10.7. The number of nitrogens with zero attached hydrogens (tertiary/aromatic N) is 1. The van der Waals surface area contributed by atoms with Crippen molar-refractivity contribution in [2.45, 2.75) is 52.1 Å². The average Bonchev–Trinajstić information content (AvgIpc) is 2.84. The molecule has 0 aliphatic heterocycles. The largest absolute Gasteiger partial charge is 0.497 e. The number of aromatic nitrogens is 1. The average molecular weight is 477 g/mol. The number of rotatable bonds is 9. The summed E-state index contributed by atoms with van der Waals surface area (Å²) in [6.07, 6.45) is 2.14. The van der Waals surface area contributed by atoms with Crippen LogP contribution < -0.4 is 21.3 Å². The van der Waals surface area contributed by atoms with Crippen molar-refractivity contribution in [2.75, 3.05) is 12.4 Å². The molecule has 2 aromatic carbocycles. The fourth-order valence-electron chi connectivity index (χ4n) is 3.73. The summed E-state index contributed by atoms with van der Waals surface area (Å²) < 4.78 is 6.75. The van der Waals surface area contributed by atoms with Gasteiger partial charge in [-0.15, -0.1) is 0 Å². The molecule has 0 fully saturated rings. The van der Waals surface area contributed by atoms with Crippen LogP contribution in [0, 0.1) is 6.92 Å². The lowest BCUT2D eigenvalue weighted by molar-refractivity contribution is -0.402. The van der Waals surface area contributed by atoms with Crippen molar-refractivity contribution in [2.24, 2.45) is 0 Å². The van der Waals surface area contributed by atoms with Gasteiger partial charge in [0.25, 0.3) is 11.5 Å². The van der Waals surface area contributed by atoms with Gasteiger partial charge in [-0.3, -0.25) is 14.4 Å². The number of methoxy groups -OCH3 is 1. The van der Waals surface area contributed by atoms with Crippen molar-refractivity contribution < 1.29 is 20.1 Å². The van der Waals surface area contributed by atoms with Gasteiger partial charge in [-0.1, -0.05) is 36.4 Å². The SMILES string of the molecule is COc1ccc(Cn2ccc(C)c(NC(=O)[C@@H]([NH3+])Cc3ccc(C(C)(C)C(C)=O)cc3)c2=O)cc1. The van der Waals surface area contributed by atoms with Crippen LogP contribution in [0.15, 0.2) is 65.6 Å². The van der Waals surface area contributed by atoms with Gasteiger partial charge in [-0.05, 0) is 68.1 Å². The van der Waals surface area contributed by atoms with Crippen molar-refractivity contribution >= 4 is 17.4 Å². The minimum absolute atomic E-state index is 0.0931. The van der Waals surface area contributed by atoms with E-state index in [-0.39, 0.29) is 22.9 Å². The van der Waals surface area contributed by atoms with Gasteiger partial charge in [0.15, 0.2) is 6.04 Å². The zero-order chi connectivity index (χ0) is 25.8. The summed E-state index contributed by atoms with van der Waals surface area (Å²) in [6, 6.07) is 16.4. The molecule has 0 spiro atoms. The molecule has 7 heteroatoms. The number of Topliss-reactive ketones (excluding diaryl/α,β-unsaturated/α-hetero) is 1. The highest BCUT2D eigenvalue weighted by Gasteiger charge is 2.26. The number of hydrogen-bond acceptors (Lipinski definition) is 4. The van der Waals surface area contributed by atoms with Gasteiger partial charge in [0.2, 0.25) is 0 Å². The van der Waals surface area contributed by atoms with Gasteiger partial charge in [0.1, 0.15) is 17.2 Å². The molecule has 0 aliphatic carbocycles. The Balaban J connectivity index is 1.71. The maximum Gasteiger partial charge on any atom is 0.283 e. The fraction of sp³-hybridized carbons (Fsp3) is 0.321. The van der Waals surface area contributed by atoms with Crippen LogP contribution in [0.4, 0.5) is 5.69 Å². The Hall–Kier alpha value is -3.71. The third-order valence-electron chi connectivity index (χ3n) is 6.54. The van der Waals surface area contributed by atoms with E-state index in [4.69, 9.17) is 4.74 Å². The molecule has 0 saturated heterocycles. The van der Waals surface area contributed by atoms with Gasteiger partial charge >= 0.3 is 0 Å². The van der Waals surface area contributed by atoms with E-state index in [0.717, 1.165) is 22.4 Å². The number of ketones is 1. The van der Waals surface area contributed by atoms with Crippen LogP contribution in [0.25, 0.3) is 0 Å². The first-order valence-corrected chi connectivity index (χ1v) is 11.6. The molecule has 0 aliphatic rings. The lowest BCUT2D eigenvalue weighted by Crippen LogP contribution is -2.67. The van der Waals surface area contributed by atoms with E-state index >= 15 is 0 Å². The molecule has 1 amide bonds. The number of amides is 1. The summed E-state index contributed by atoms with van der Waals surface area (Å²) in [6.45, 7) is 7.54. The van der Waals surface area contributed by atoms with Crippen LogP contribution >= 0.6 is 0 Å². The van der Waals surface area contributed by atoms with E-state index in [1.165, 1.54) is 0 Å². The Kier molecular flexibility index (Phi) is 7.92. The van der Waals surface area contributed by atoms with Crippen LogP contribution in [-0.4, -0.2) is 29.4 Å². The van der Waals surface area contributed by atoms with Crippen LogP contribution in [0.5, 0.6) is 5.75 Å². The second-order valence-electron chi connectivity index (χ2n) is 9.42. The number of hydrogen-bond donors (Lipinski definition) is 2. The smallest absolute Gasteiger partial charge is 0.283 e. The molecule has 0 radical (unpaired) electrons. The van der Waals surface area contributed by atoms with E-state index in [9.17, 15) is 14.4 Å². The topological polar surface area (TPSA) is 105 Å². The molecule has 3 aromatic rings.